The molecule has 0 aliphatic carbocycles. The summed E-state index contributed by atoms with van der Waals surface area (Å²) in [4.78, 5) is 10.5. The van der Waals surface area contributed by atoms with Crippen LogP contribution in [0.1, 0.15) is 16.1 Å². The number of rotatable bonds is 2. The number of aldehydes is 1. The summed E-state index contributed by atoms with van der Waals surface area (Å²) >= 11 is 5.90. The van der Waals surface area contributed by atoms with Crippen molar-refractivity contribution in [2.45, 2.75) is 6.92 Å². The van der Waals surface area contributed by atoms with Gasteiger partial charge in [0, 0.05) is 5.56 Å². The smallest absolute Gasteiger partial charge is 0.185 e. The molecule has 0 saturated heterocycles. The second-order valence-electron chi connectivity index (χ2n) is 3.40. The Balaban J connectivity index is 2.55. The average Bonchev–Trinajstić information content (AvgIpc) is 2.71. The topological polar surface area (TPSA) is 30.2 Å². The molecule has 2 nitrogen and oxygen atoms in total. The first-order valence-corrected chi connectivity index (χ1v) is 5.00. The van der Waals surface area contributed by atoms with E-state index >= 15 is 0 Å². The fourth-order valence-corrected chi connectivity index (χ4v) is 1.65. The molecule has 2 rings (SSSR count). The molecular formula is C12H8ClFO2. The van der Waals surface area contributed by atoms with E-state index in [-0.39, 0.29) is 16.6 Å². The highest BCUT2D eigenvalue weighted by atomic mass is 35.5. The lowest BCUT2D eigenvalue weighted by atomic mass is 10.1. The SMILES string of the molecule is Cc1cc(-c2ccc(C=O)o2)c(Cl)cc1F. The highest BCUT2D eigenvalue weighted by Crippen LogP contribution is 2.31. The maximum absolute atomic E-state index is 13.2. The van der Waals surface area contributed by atoms with Crippen LogP contribution >= 0.6 is 11.6 Å². The summed E-state index contributed by atoms with van der Waals surface area (Å²) in [6.07, 6.45) is 0.605. The van der Waals surface area contributed by atoms with Crippen LogP contribution in [-0.2, 0) is 0 Å². The molecule has 4 heteroatoms. The summed E-state index contributed by atoms with van der Waals surface area (Å²) in [6, 6.07) is 5.99. The second kappa shape index (κ2) is 4.10. The molecule has 0 amide bonds. The molecular weight excluding hydrogens is 231 g/mol. The fourth-order valence-electron chi connectivity index (χ4n) is 1.41. The Labute approximate surface area is 96.6 Å². The van der Waals surface area contributed by atoms with Gasteiger partial charge in [-0.15, -0.1) is 0 Å². The molecule has 0 aliphatic rings. The first kappa shape index (κ1) is 10.9. The van der Waals surface area contributed by atoms with Crippen LogP contribution in [0.5, 0.6) is 0 Å². The quantitative estimate of drug-likeness (QED) is 0.744. The van der Waals surface area contributed by atoms with Crippen LogP contribution in [-0.4, -0.2) is 6.29 Å². The molecule has 0 radical (unpaired) electrons. The van der Waals surface area contributed by atoms with Crippen LogP contribution in [0.25, 0.3) is 11.3 Å². The lowest BCUT2D eigenvalue weighted by molar-refractivity contribution is 0.110. The van der Waals surface area contributed by atoms with Crippen molar-refractivity contribution in [1.29, 1.82) is 0 Å². The molecule has 2 aromatic rings. The van der Waals surface area contributed by atoms with Gasteiger partial charge in [0.05, 0.1) is 5.02 Å². The predicted octanol–water partition coefficient (Wildman–Crippen LogP) is 3.86. The van der Waals surface area contributed by atoms with Crippen molar-refractivity contribution in [2.75, 3.05) is 0 Å². The lowest BCUT2D eigenvalue weighted by Gasteiger charge is -2.03. The molecule has 0 N–H and O–H groups in total. The van der Waals surface area contributed by atoms with Crippen LogP contribution in [0, 0.1) is 12.7 Å². The van der Waals surface area contributed by atoms with E-state index in [0.717, 1.165) is 0 Å². The maximum atomic E-state index is 13.2. The molecule has 0 fully saturated rings. The van der Waals surface area contributed by atoms with Gasteiger partial charge in [-0.05, 0) is 36.8 Å². The largest absolute Gasteiger partial charge is 0.453 e. The van der Waals surface area contributed by atoms with E-state index in [0.29, 0.717) is 23.2 Å². The molecule has 0 bridgehead atoms. The minimum absolute atomic E-state index is 0.216. The zero-order valence-corrected chi connectivity index (χ0v) is 9.22. The van der Waals surface area contributed by atoms with Gasteiger partial charge >= 0.3 is 0 Å². The summed E-state index contributed by atoms with van der Waals surface area (Å²) in [5.41, 5.74) is 1.05. The van der Waals surface area contributed by atoms with E-state index in [9.17, 15) is 9.18 Å². The average molecular weight is 239 g/mol. The van der Waals surface area contributed by atoms with E-state index in [1.54, 1.807) is 19.1 Å². The van der Waals surface area contributed by atoms with Crippen LogP contribution in [0.15, 0.2) is 28.7 Å². The first-order valence-electron chi connectivity index (χ1n) is 4.63. The van der Waals surface area contributed by atoms with Gasteiger partial charge < -0.3 is 4.42 Å². The minimum atomic E-state index is -0.365. The third-order valence-electron chi connectivity index (χ3n) is 2.26. The summed E-state index contributed by atoms with van der Waals surface area (Å²) in [7, 11) is 0. The molecule has 16 heavy (non-hydrogen) atoms. The van der Waals surface area contributed by atoms with Crippen LogP contribution in [0.4, 0.5) is 4.39 Å². The monoisotopic (exact) mass is 238 g/mol. The number of carbonyl (C=O) groups excluding carboxylic acids is 1. The van der Waals surface area contributed by atoms with E-state index in [4.69, 9.17) is 16.0 Å². The van der Waals surface area contributed by atoms with Crippen LogP contribution < -0.4 is 0 Å². The van der Waals surface area contributed by atoms with Crippen LogP contribution in [0.2, 0.25) is 5.02 Å². The zero-order chi connectivity index (χ0) is 11.7. The van der Waals surface area contributed by atoms with Gasteiger partial charge in [-0.3, -0.25) is 4.79 Å². The fraction of sp³-hybridized carbons (Fsp3) is 0.0833. The van der Waals surface area contributed by atoms with Crippen molar-refractivity contribution < 1.29 is 13.6 Å². The third kappa shape index (κ3) is 1.86. The molecule has 1 aromatic heterocycles. The summed E-state index contributed by atoms with van der Waals surface area (Å²) < 4.78 is 18.4. The number of aryl methyl sites for hydroxylation is 1. The summed E-state index contributed by atoms with van der Waals surface area (Å²) in [5, 5.41) is 0.259. The number of carbonyl (C=O) groups is 1. The van der Waals surface area contributed by atoms with Crippen molar-refractivity contribution in [3.8, 4) is 11.3 Å². The molecule has 0 aliphatic heterocycles. The Hall–Kier alpha value is -1.61. The summed E-state index contributed by atoms with van der Waals surface area (Å²) in [5.74, 6) is 0.305. The van der Waals surface area contributed by atoms with E-state index in [2.05, 4.69) is 0 Å². The van der Waals surface area contributed by atoms with Crippen molar-refractivity contribution in [3.05, 3.63) is 46.4 Å². The molecule has 0 spiro atoms. The molecule has 0 atom stereocenters. The Morgan fingerprint density at radius 3 is 2.75 bits per heavy atom. The highest BCUT2D eigenvalue weighted by Gasteiger charge is 2.11. The van der Waals surface area contributed by atoms with E-state index in [1.807, 2.05) is 0 Å². The molecule has 0 saturated carbocycles. The Kier molecular flexibility index (Phi) is 2.79. The van der Waals surface area contributed by atoms with Gasteiger partial charge in [0.25, 0.3) is 0 Å². The Morgan fingerprint density at radius 2 is 2.12 bits per heavy atom. The lowest BCUT2D eigenvalue weighted by Crippen LogP contribution is -1.85. The van der Waals surface area contributed by atoms with Gasteiger partial charge in [0.2, 0.25) is 0 Å². The summed E-state index contributed by atoms with van der Waals surface area (Å²) in [6.45, 7) is 1.64. The Morgan fingerprint density at radius 1 is 1.38 bits per heavy atom. The van der Waals surface area contributed by atoms with Gasteiger partial charge in [-0.1, -0.05) is 11.6 Å². The highest BCUT2D eigenvalue weighted by molar-refractivity contribution is 6.33. The predicted molar refractivity (Wildman–Crippen MR) is 59.2 cm³/mol. The number of hydrogen-bond donors (Lipinski definition) is 0. The number of halogens is 2. The van der Waals surface area contributed by atoms with Gasteiger partial charge in [0.1, 0.15) is 11.6 Å². The molecule has 0 unspecified atom stereocenters. The number of hydrogen-bond acceptors (Lipinski definition) is 2. The standard InChI is InChI=1S/C12H8ClFO2/c1-7-4-9(10(13)5-11(7)14)12-3-2-8(6-15)16-12/h2-6H,1H3. The van der Waals surface area contributed by atoms with Gasteiger partial charge in [-0.2, -0.15) is 0 Å². The van der Waals surface area contributed by atoms with E-state index < -0.39 is 0 Å². The van der Waals surface area contributed by atoms with Gasteiger partial charge in [0.15, 0.2) is 12.0 Å². The third-order valence-corrected chi connectivity index (χ3v) is 2.57. The number of furan rings is 1. The number of benzene rings is 1. The molecule has 1 aromatic carbocycles. The van der Waals surface area contributed by atoms with Crippen LogP contribution in [0.3, 0.4) is 0 Å². The normalized spacial score (nSPS) is 10.4. The minimum Gasteiger partial charge on any atom is -0.453 e. The van der Waals surface area contributed by atoms with Gasteiger partial charge in [-0.25, -0.2) is 4.39 Å². The Bertz CT molecular complexity index is 546. The van der Waals surface area contributed by atoms with Crippen molar-refractivity contribution in [2.24, 2.45) is 0 Å². The molecule has 82 valence electrons. The zero-order valence-electron chi connectivity index (χ0n) is 8.46. The van der Waals surface area contributed by atoms with Crippen molar-refractivity contribution in [3.63, 3.8) is 0 Å². The van der Waals surface area contributed by atoms with Crippen molar-refractivity contribution in [1.82, 2.24) is 0 Å². The van der Waals surface area contributed by atoms with E-state index in [1.165, 1.54) is 12.1 Å². The van der Waals surface area contributed by atoms with Crippen molar-refractivity contribution >= 4 is 17.9 Å². The second-order valence-corrected chi connectivity index (χ2v) is 3.81. The first-order chi connectivity index (χ1) is 7.61. The maximum Gasteiger partial charge on any atom is 0.185 e. The molecule has 1 heterocycles.